The Balaban J connectivity index is 2.90. The predicted molar refractivity (Wildman–Crippen MR) is 76.2 cm³/mol. The first-order chi connectivity index (χ1) is 8.36. The van der Waals surface area contributed by atoms with Gasteiger partial charge in [0.2, 0.25) is 5.91 Å². The molecular formula is C16H25NO. The minimum absolute atomic E-state index is 0.223. The van der Waals surface area contributed by atoms with Gasteiger partial charge in [0.15, 0.2) is 0 Å². The van der Waals surface area contributed by atoms with Crippen LogP contribution in [0.3, 0.4) is 0 Å². The molecule has 0 heterocycles. The van der Waals surface area contributed by atoms with Crippen molar-refractivity contribution in [3.05, 3.63) is 35.9 Å². The fourth-order valence-corrected chi connectivity index (χ4v) is 1.86. The van der Waals surface area contributed by atoms with Gasteiger partial charge in [-0.25, -0.2) is 0 Å². The van der Waals surface area contributed by atoms with E-state index in [4.69, 9.17) is 0 Å². The number of hydrogen-bond donors (Lipinski definition) is 0. The van der Waals surface area contributed by atoms with Crippen molar-refractivity contribution in [1.29, 1.82) is 0 Å². The molecule has 2 nitrogen and oxygen atoms in total. The maximum Gasteiger partial charge on any atom is 0.228 e. The van der Waals surface area contributed by atoms with Crippen LogP contribution in [0.15, 0.2) is 30.3 Å². The Bertz CT molecular complexity index is 378. The van der Waals surface area contributed by atoms with E-state index in [1.165, 1.54) is 5.56 Å². The Morgan fingerprint density at radius 2 is 1.78 bits per heavy atom. The van der Waals surface area contributed by atoms with Crippen molar-refractivity contribution in [3.63, 3.8) is 0 Å². The lowest BCUT2D eigenvalue weighted by molar-refractivity contribution is -0.142. The first-order valence-corrected chi connectivity index (χ1v) is 6.71. The molecule has 1 rings (SSSR count). The van der Waals surface area contributed by atoms with Crippen LogP contribution in [0.1, 0.15) is 46.6 Å². The van der Waals surface area contributed by atoms with E-state index < -0.39 is 0 Å². The third-order valence-electron chi connectivity index (χ3n) is 3.22. The van der Waals surface area contributed by atoms with Crippen LogP contribution in [-0.4, -0.2) is 16.8 Å². The Labute approximate surface area is 111 Å². The molecule has 0 saturated carbocycles. The number of nitrogens with zero attached hydrogens (tertiary/aromatic N) is 1. The molecule has 100 valence electrons. The monoisotopic (exact) mass is 247 g/mol. The van der Waals surface area contributed by atoms with Gasteiger partial charge in [0.1, 0.15) is 0 Å². The molecule has 0 spiro atoms. The molecule has 0 aliphatic rings. The number of amides is 1. The van der Waals surface area contributed by atoms with Crippen LogP contribution in [0.4, 0.5) is 0 Å². The van der Waals surface area contributed by atoms with E-state index in [0.29, 0.717) is 6.54 Å². The maximum absolute atomic E-state index is 12.5. The summed E-state index contributed by atoms with van der Waals surface area (Å²) in [6.45, 7) is 10.9. The lowest BCUT2D eigenvalue weighted by Gasteiger charge is -2.34. The molecule has 0 radical (unpaired) electrons. The highest BCUT2D eigenvalue weighted by Crippen LogP contribution is 2.22. The van der Waals surface area contributed by atoms with Crippen LogP contribution >= 0.6 is 0 Å². The van der Waals surface area contributed by atoms with Crippen molar-refractivity contribution in [2.75, 3.05) is 0 Å². The maximum atomic E-state index is 12.5. The Hall–Kier alpha value is -1.31. The molecule has 0 N–H and O–H groups in total. The minimum Gasteiger partial charge on any atom is -0.335 e. The molecule has 1 aromatic rings. The van der Waals surface area contributed by atoms with Crippen molar-refractivity contribution in [1.82, 2.24) is 4.90 Å². The number of benzene rings is 1. The van der Waals surface area contributed by atoms with Gasteiger partial charge in [-0.2, -0.15) is 0 Å². The smallest absolute Gasteiger partial charge is 0.228 e. The van der Waals surface area contributed by atoms with Crippen LogP contribution in [0, 0.1) is 5.41 Å². The highest BCUT2D eigenvalue weighted by molar-refractivity contribution is 5.81. The van der Waals surface area contributed by atoms with Gasteiger partial charge in [0.05, 0.1) is 0 Å². The summed E-state index contributed by atoms with van der Waals surface area (Å²) in [6, 6.07) is 10.5. The highest BCUT2D eigenvalue weighted by Gasteiger charge is 2.29. The quantitative estimate of drug-likeness (QED) is 0.791. The molecule has 2 heteroatoms. The summed E-state index contributed by atoms with van der Waals surface area (Å²) in [6.07, 6.45) is 0.981. The number of carbonyl (C=O) groups is 1. The molecule has 0 aliphatic heterocycles. The number of rotatable bonds is 4. The van der Waals surface area contributed by atoms with Gasteiger partial charge in [-0.3, -0.25) is 4.79 Å². The van der Waals surface area contributed by atoms with E-state index in [1.807, 2.05) is 43.9 Å². The molecule has 18 heavy (non-hydrogen) atoms. The molecule has 0 bridgehead atoms. The van der Waals surface area contributed by atoms with E-state index >= 15 is 0 Å². The normalized spacial score (nSPS) is 13.2. The molecule has 0 aromatic heterocycles. The summed E-state index contributed by atoms with van der Waals surface area (Å²) in [5.74, 6) is 0.223. The summed E-state index contributed by atoms with van der Waals surface area (Å²) >= 11 is 0. The van der Waals surface area contributed by atoms with Crippen molar-refractivity contribution >= 4 is 5.91 Å². The van der Waals surface area contributed by atoms with Gasteiger partial charge < -0.3 is 4.90 Å². The number of carbonyl (C=O) groups excluding carboxylic acids is 1. The van der Waals surface area contributed by atoms with E-state index in [2.05, 4.69) is 26.0 Å². The lowest BCUT2D eigenvalue weighted by atomic mass is 9.93. The van der Waals surface area contributed by atoms with Gasteiger partial charge in [-0.05, 0) is 18.9 Å². The summed E-state index contributed by atoms with van der Waals surface area (Å²) in [7, 11) is 0. The fourth-order valence-electron chi connectivity index (χ4n) is 1.86. The zero-order chi connectivity index (χ0) is 13.8. The average molecular weight is 247 g/mol. The summed E-state index contributed by atoms with van der Waals surface area (Å²) in [5.41, 5.74) is 0.869. The van der Waals surface area contributed by atoms with Crippen LogP contribution < -0.4 is 0 Å². The van der Waals surface area contributed by atoms with Crippen LogP contribution in [0.2, 0.25) is 0 Å². The van der Waals surface area contributed by atoms with Gasteiger partial charge in [-0.15, -0.1) is 0 Å². The molecule has 1 aromatic carbocycles. The Morgan fingerprint density at radius 1 is 1.22 bits per heavy atom. The summed E-state index contributed by atoms with van der Waals surface area (Å²) in [5, 5.41) is 0. The molecule has 1 unspecified atom stereocenters. The van der Waals surface area contributed by atoms with Crippen LogP contribution in [0.25, 0.3) is 0 Å². The fraction of sp³-hybridized carbons (Fsp3) is 0.562. The van der Waals surface area contributed by atoms with E-state index in [-0.39, 0.29) is 17.4 Å². The highest BCUT2D eigenvalue weighted by atomic mass is 16.2. The first kappa shape index (κ1) is 14.7. The molecule has 0 aliphatic carbocycles. The second-order valence-corrected chi connectivity index (χ2v) is 5.93. The molecule has 1 amide bonds. The third kappa shape index (κ3) is 3.86. The third-order valence-corrected chi connectivity index (χ3v) is 3.22. The van der Waals surface area contributed by atoms with Crippen molar-refractivity contribution in [2.45, 2.75) is 53.6 Å². The lowest BCUT2D eigenvalue weighted by Crippen LogP contribution is -2.44. The average Bonchev–Trinajstić information content (AvgIpc) is 2.34. The standard InChI is InChI=1S/C16H25NO/c1-6-13(2)17(15(18)16(3,4)5)12-14-10-8-7-9-11-14/h7-11,13H,6,12H2,1-5H3. The predicted octanol–water partition coefficient (Wildman–Crippen LogP) is 3.86. The molecular weight excluding hydrogens is 222 g/mol. The zero-order valence-electron chi connectivity index (χ0n) is 12.2. The molecule has 0 fully saturated rings. The van der Waals surface area contributed by atoms with Crippen molar-refractivity contribution in [3.8, 4) is 0 Å². The number of hydrogen-bond acceptors (Lipinski definition) is 1. The van der Waals surface area contributed by atoms with Crippen LogP contribution in [-0.2, 0) is 11.3 Å². The van der Waals surface area contributed by atoms with Gasteiger partial charge in [0.25, 0.3) is 0 Å². The Kier molecular flexibility index (Phi) is 4.94. The van der Waals surface area contributed by atoms with Gasteiger partial charge >= 0.3 is 0 Å². The SMILES string of the molecule is CCC(C)N(Cc1ccccc1)C(=O)C(C)(C)C. The molecule has 1 atom stereocenters. The van der Waals surface area contributed by atoms with Crippen LogP contribution in [0.5, 0.6) is 0 Å². The van der Waals surface area contributed by atoms with E-state index in [0.717, 1.165) is 6.42 Å². The van der Waals surface area contributed by atoms with E-state index in [9.17, 15) is 4.79 Å². The molecule has 0 saturated heterocycles. The largest absolute Gasteiger partial charge is 0.335 e. The van der Waals surface area contributed by atoms with Gasteiger partial charge in [0, 0.05) is 18.0 Å². The second kappa shape index (κ2) is 6.03. The first-order valence-electron chi connectivity index (χ1n) is 6.71. The van der Waals surface area contributed by atoms with E-state index in [1.54, 1.807) is 0 Å². The van der Waals surface area contributed by atoms with Gasteiger partial charge in [-0.1, -0.05) is 58.0 Å². The summed E-state index contributed by atoms with van der Waals surface area (Å²) < 4.78 is 0. The topological polar surface area (TPSA) is 20.3 Å². The second-order valence-electron chi connectivity index (χ2n) is 5.93. The Morgan fingerprint density at radius 3 is 2.22 bits per heavy atom. The minimum atomic E-state index is -0.321. The van der Waals surface area contributed by atoms with Crippen molar-refractivity contribution in [2.24, 2.45) is 5.41 Å². The summed E-state index contributed by atoms with van der Waals surface area (Å²) in [4.78, 5) is 14.5. The van der Waals surface area contributed by atoms with Crippen molar-refractivity contribution < 1.29 is 4.79 Å². The zero-order valence-corrected chi connectivity index (χ0v) is 12.2.